The molecule has 0 radical (unpaired) electrons. The molecule has 1 aromatic heterocycles. The van der Waals surface area contributed by atoms with Gasteiger partial charge in [0.2, 0.25) is 5.91 Å². The number of amides is 3. The van der Waals surface area contributed by atoms with Crippen LogP contribution in [0.25, 0.3) is 0 Å². The van der Waals surface area contributed by atoms with Gasteiger partial charge in [-0.15, -0.1) is 0 Å². The van der Waals surface area contributed by atoms with Crippen LogP contribution in [0.3, 0.4) is 0 Å². The molecule has 0 saturated carbocycles. The minimum Gasteiger partial charge on any atom is -0.337 e. The lowest BCUT2D eigenvalue weighted by atomic mass is 10.1. The smallest absolute Gasteiger partial charge is 0.322 e. The summed E-state index contributed by atoms with van der Waals surface area (Å²) in [5.41, 5.74) is 1.50. The van der Waals surface area contributed by atoms with Crippen molar-refractivity contribution in [3.63, 3.8) is 0 Å². The molecule has 0 aliphatic carbocycles. The number of benzene rings is 1. The largest absolute Gasteiger partial charge is 0.337 e. The maximum Gasteiger partial charge on any atom is 0.322 e. The highest BCUT2D eigenvalue weighted by molar-refractivity contribution is 6.30. The highest BCUT2D eigenvalue weighted by Gasteiger charge is 2.45. The average Bonchev–Trinajstić information content (AvgIpc) is 3.29. The standard InChI is InChI=1S/C20H22ClN5O2/c21-14-2-1-3-15(12-14)24-20(28)26-11-7-17-18(26)6-10-25(17)19(27)5-4-16-13-22-8-9-23-16/h1-3,8-9,12-13,17-18H,4-7,10-11H2,(H,24,28)/t17-,18-/m0/s1. The molecule has 28 heavy (non-hydrogen) atoms. The second kappa shape index (κ2) is 8.14. The lowest BCUT2D eigenvalue weighted by Gasteiger charge is -2.26. The molecule has 2 atom stereocenters. The predicted molar refractivity (Wildman–Crippen MR) is 106 cm³/mol. The van der Waals surface area contributed by atoms with Gasteiger partial charge in [0.15, 0.2) is 0 Å². The second-order valence-corrected chi connectivity index (χ2v) is 7.57. The average molecular weight is 400 g/mol. The van der Waals surface area contributed by atoms with E-state index in [1.807, 2.05) is 15.9 Å². The Morgan fingerprint density at radius 1 is 1.14 bits per heavy atom. The zero-order valence-corrected chi connectivity index (χ0v) is 16.2. The van der Waals surface area contributed by atoms with Crippen LogP contribution in [0.15, 0.2) is 42.9 Å². The predicted octanol–water partition coefficient (Wildman–Crippen LogP) is 2.97. The molecule has 0 spiro atoms. The van der Waals surface area contributed by atoms with Crippen LogP contribution in [-0.2, 0) is 11.2 Å². The van der Waals surface area contributed by atoms with Crippen molar-refractivity contribution in [2.45, 2.75) is 37.8 Å². The molecule has 1 N–H and O–H groups in total. The van der Waals surface area contributed by atoms with Gasteiger partial charge in [0, 0.05) is 48.8 Å². The molecule has 1 aromatic carbocycles. The van der Waals surface area contributed by atoms with E-state index in [2.05, 4.69) is 15.3 Å². The number of urea groups is 1. The zero-order valence-electron chi connectivity index (χ0n) is 15.4. The molecule has 146 valence electrons. The first-order chi connectivity index (χ1) is 13.6. The first kappa shape index (κ1) is 18.7. The van der Waals surface area contributed by atoms with Gasteiger partial charge in [-0.1, -0.05) is 17.7 Å². The Morgan fingerprint density at radius 2 is 1.93 bits per heavy atom. The maximum atomic E-state index is 12.7. The van der Waals surface area contributed by atoms with E-state index in [1.54, 1.807) is 36.8 Å². The van der Waals surface area contributed by atoms with Gasteiger partial charge in [0.05, 0.1) is 17.8 Å². The Kier molecular flexibility index (Phi) is 5.43. The van der Waals surface area contributed by atoms with Crippen LogP contribution >= 0.6 is 11.6 Å². The lowest BCUT2D eigenvalue weighted by Crippen LogP contribution is -2.43. The van der Waals surface area contributed by atoms with Crippen molar-refractivity contribution in [2.24, 2.45) is 0 Å². The molecule has 0 unspecified atom stereocenters. The summed E-state index contributed by atoms with van der Waals surface area (Å²) in [6.07, 6.45) is 7.57. The summed E-state index contributed by atoms with van der Waals surface area (Å²) in [4.78, 5) is 37.5. The van der Waals surface area contributed by atoms with Crippen LogP contribution in [0, 0.1) is 0 Å². The molecule has 0 bridgehead atoms. The fraction of sp³-hybridized carbons (Fsp3) is 0.400. The van der Waals surface area contributed by atoms with Crippen LogP contribution in [0.4, 0.5) is 10.5 Å². The van der Waals surface area contributed by atoms with Crippen molar-refractivity contribution in [1.29, 1.82) is 0 Å². The quantitative estimate of drug-likeness (QED) is 0.857. The summed E-state index contributed by atoms with van der Waals surface area (Å²) in [5, 5.41) is 3.49. The number of nitrogens with one attached hydrogen (secondary N) is 1. The number of halogens is 1. The Morgan fingerprint density at radius 3 is 2.68 bits per heavy atom. The fourth-order valence-corrected chi connectivity index (χ4v) is 4.34. The fourth-order valence-electron chi connectivity index (χ4n) is 4.15. The summed E-state index contributed by atoms with van der Waals surface area (Å²) in [6.45, 7) is 1.34. The van der Waals surface area contributed by atoms with Crippen molar-refractivity contribution in [3.8, 4) is 0 Å². The van der Waals surface area contributed by atoms with E-state index in [9.17, 15) is 9.59 Å². The van der Waals surface area contributed by atoms with Crippen LogP contribution < -0.4 is 5.32 Å². The molecule has 2 aliphatic heterocycles. The maximum absolute atomic E-state index is 12.7. The van der Waals surface area contributed by atoms with Crippen molar-refractivity contribution in [1.82, 2.24) is 19.8 Å². The third-order valence-electron chi connectivity index (χ3n) is 5.45. The van der Waals surface area contributed by atoms with Crippen LogP contribution in [0.5, 0.6) is 0 Å². The molecular formula is C20H22ClN5O2. The Labute approximate surface area is 168 Å². The van der Waals surface area contributed by atoms with E-state index < -0.39 is 0 Å². The highest BCUT2D eigenvalue weighted by Crippen LogP contribution is 2.32. The monoisotopic (exact) mass is 399 g/mol. The van der Waals surface area contributed by atoms with Gasteiger partial charge in [-0.25, -0.2) is 4.79 Å². The third-order valence-corrected chi connectivity index (χ3v) is 5.68. The van der Waals surface area contributed by atoms with E-state index in [4.69, 9.17) is 11.6 Å². The van der Waals surface area contributed by atoms with Crippen molar-refractivity contribution in [3.05, 3.63) is 53.6 Å². The van der Waals surface area contributed by atoms with Crippen molar-refractivity contribution < 1.29 is 9.59 Å². The van der Waals surface area contributed by atoms with Gasteiger partial charge in [-0.2, -0.15) is 0 Å². The van der Waals surface area contributed by atoms with Crippen molar-refractivity contribution >= 4 is 29.2 Å². The minimum absolute atomic E-state index is 0.0691. The molecule has 8 heteroatoms. The molecule has 2 fully saturated rings. The zero-order chi connectivity index (χ0) is 19.5. The number of carbonyl (C=O) groups is 2. The summed E-state index contributed by atoms with van der Waals surface area (Å²) < 4.78 is 0. The van der Waals surface area contributed by atoms with Gasteiger partial charge in [-0.3, -0.25) is 14.8 Å². The Bertz CT molecular complexity index is 863. The second-order valence-electron chi connectivity index (χ2n) is 7.13. The van der Waals surface area contributed by atoms with E-state index in [1.165, 1.54) is 0 Å². The SMILES string of the molecule is O=C(CCc1cnccn1)N1CC[C@H]2[C@@H]1CCN2C(=O)Nc1cccc(Cl)c1. The first-order valence-electron chi connectivity index (χ1n) is 9.49. The van der Waals surface area contributed by atoms with Gasteiger partial charge in [0.1, 0.15) is 0 Å². The number of likely N-dealkylation sites (tertiary alicyclic amines) is 2. The van der Waals surface area contributed by atoms with E-state index in [-0.39, 0.29) is 24.0 Å². The number of carbonyl (C=O) groups excluding carboxylic acids is 2. The summed E-state index contributed by atoms with van der Waals surface area (Å²) in [6, 6.07) is 7.14. The van der Waals surface area contributed by atoms with Gasteiger partial charge in [0.25, 0.3) is 0 Å². The normalized spacial score (nSPS) is 20.9. The van der Waals surface area contributed by atoms with Crippen LogP contribution in [0.2, 0.25) is 5.02 Å². The number of hydrogen-bond acceptors (Lipinski definition) is 4. The first-order valence-corrected chi connectivity index (χ1v) is 9.87. The van der Waals surface area contributed by atoms with Gasteiger partial charge < -0.3 is 15.1 Å². The lowest BCUT2D eigenvalue weighted by molar-refractivity contribution is -0.132. The molecule has 4 rings (SSSR count). The van der Waals surface area contributed by atoms with E-state index >= 15 is 0 Å². The van der Waals surface area contributed by atoms with E-state index in [0.717, 1.165) is 18.5 Å². The van der Waals surface area contributed by atoms with Crippen LogP contribution in [-0.4, -0.2) is 56.9 Å². The number of hydrogen-bond donors (Lipinski definition) is 1. The molecular weight excluding hydrogens is 378 g/mol. The molecule has 2 aliphatic rings. The molecule has 2 saturated heterocycles. The number of rotatable bonds is 4. The van der Waals surface area contributed by atoms with Crippen LogP contribution in [0.1, 0.15) is 25.0 Å². The summed E-state index contributed by atoms with van der Waals surface area (Å²) in [5.74, 6) is 0.121. The number of anilines is 1. The number of aromatic nitrogens is 2. The van der Waals surface area contributed by atoms with Gasteiger partial charge in [-0.05, 0) is 37.5 Å². The molecule has 3 heterocycles. The Balaban J connectivity index is 1.34. The third kappa shape index (κ3) is 3.94. The number of aryl methyl sites for hydroxylation is 1. The number of nitrogens with zero attached hydrogens (tertiary/aromatic N) is 4. The Hall–Kier alpha value is -2.67. The summed E-state index contributed by atoms with van der Waals surface area (Å²) in [7, 11) is 0. The highest BCUT2D eigenvalue weighted by atomic mass is 35.5. The van der Waals surface area contributed by atoms with Gasteiger partial charge >= 0.3 is 6.03 Å². The number of fused-ring (bicyclic) bond motifs is 1. The molecule has 3 amide bonds. The minimum atomic E-state index is -0.136. The molecule has 7 nitrogen and oxygen atoms in total. The van der Waals surface area contributed by atoms with E-state index in [0.29, 0.717) is 36.6 Å². The summed E-state index contributed by atoms with van der Waals surface area (Å²) >= 11 is 5.99. The molecule has 2 aromatic rings. The topological polar surface area (TPSA) is 78.4 Å². The van der Waals surface area contributed by atoms with Crippen molar-refractivity contribution in [2.75, 3.05) is 18.4 Å².